The van der Waals surface area contributed by atoms with Crippen molar-refractivity contribution in [3.63, 3.8) is 0 Å². The molecule has 33 heavy (non-hydrogen) atoms. The molecular weight excluding hydrogens is 434 g/mol. The van der Waals surface area contributed by atoms with Crippen LogP contribution in [0.2, 0.25) is 0 Å². The number of methoxy groups -OCH3 is 1. The van der Waals surface area contributed by atoms with Crippen LogP contribution in [-0.4, -0.2) is 38.0 Å². The standard InChI is InChI=1S/C25H25N5O2S/c1-17-9-4-6-12-21(17)30-23(20-11-8-14-26-15-20)28-29-25(30)33-18(2)24(31)27-16-19-10-5-7-13-22(19)32-3/h4-15,18H,16H2,1-3H3,(H,27,31). The number of aromatic nitrogens is 4. The maximum atomic E-state index is 12.9. The molecule has 0 aliphatic heterocycles. The molecule has 0 bridgehead atoms. The SMILES string of the molecule is COc1ccccc1CNC(=O)C(C)Sc1nnc(-c2cccnc2)n1-c1ccccc1C. The van der Waals surface area contributed by atoms with Crippen molar-refractivity contribution in [2.45, 2.75) is 30.8 Å². The van der Waals surface area contributed by atoms with Gasteiger partial charge in [0, 0.05) is 30.1 Å². The first kappa shape index (κ1) is 22.5. The number of pyridine rings is 1. The summed E-state index contributed by atoms with van der Waals surface area (Å²) in [5.41, 5.74) is 3.82. The maximum Gasteiger partial charge on any atom is 0.233 e. The molecule has 0 spiro atoms. The summed E-state index contributed by atoms with van der Waals surface area (Å²) >= 11 is 1.37. The Morgan fingerprint density at radius 1 is 1.09 bits per heavy atom. The van der Waals surface area contributed by atoms with Gasteiger partial charge < -0.3 is 10.1 Å². The summed E-state index contributed by atoms with van der Waals surface area (Å²) in [5, 5.41) is 12.1. The van der Waals surface area contributed by atoms with Crippen LogP contribution in [0.3, 0.4) is 0 Å². The molecule has 1 unspecified atom stereocenters. The number of ether oxygens (including phenoxy) is 1. The van der Waals surface area contributed by atoms with Crippen molar-refractivity contribution < 1.29 is 9.53 Å². The molecule has 0 saturated heterocycles. The molecule has 7 nitrogen and oxygen atoms in total. The van der Waals surface area contributed by atoms with Crippen molar-refractivity contribution in [2.24, 2.45) is 0 Å². The monoisotopic (exact) mass is 459 g/mol. The molecule has 0 aliphatic carbocycles. The zero-order valence-electron chi connectivity index (χ0n) is 18.7. The number of nitrogens with zero attached hydrogens (tertiary/aromatic N) is 4. The molecule has 2 aromatic carbocycles. The Balaban J connectivity index is 1.58. The second-order valence-electron chi connectivity index (χ2n) is 7.46. The van der Waals surface area contributed by atoms with Gasteiger partial charge in [-0.2, -0.15) is 0 Å². The van der Waals surface area contributed by atoms with E-state index in [0.717, 1.165) is 28.1 Å². The lowest BCUT2D eigenvalue weighted by molar-refractivity contribution is -0.120. The van der Waals surface area contributed by atoms with Gasteiger partial charge in [-0.25, -0.2) is 0 Å². The van der Waals surface area contributed by atoms with E-state index in [1.807, 2.05) is 79.1 Å². The van der Waals surface area contributed by atoms with Crippen molar-refractivity contribution in [3.05, 3.63) is 84.2 Å². The minimum absolute atomic E-state index is 0.0897. The molecule has 0 radical (unpaired) electrons. The molecule has 2 aromatic heterocycles. The largest absolute Gasteiger partial charge is 0.496 e. The molecule has 8 heteroatoms. The lowest BCUT2D eigenvalue weighted by Crippen LogP contribution is -2.30. The number of para-hydroxylation sites is 2. The summed E-state index contributed by atoms with van der Waals surface area (Å²) in [6, 6.07) is 19.5. The van der Waals surface area contributed by atoms with Crippen molar-refractivity contribution in [1.29, 1.82) is 0 Å². The number of nitrogens with one attached hydrogen (secondary N) is 1. The Labute approximate surface area is 197 Å². The summed E-state index contributed by atoms with van der Waals surface area (Å²) in [6.07, 6.45) is 3.48. The number of rotatable bonds is 8. The highest BCUT2D eigenvalue weighted by Gasteiger charge is 2.22. The van der Waals surface area contributed by atoms with Crippen molar-refractivity contribution in [2.75, 3.05) is 7.11 Å². The van der Waals surface area contributed by atoms with Crippen LogP contribution in [-0.2, 0) is 11.3 Å². The van der Waals surface area contributed by atoms with E-state index >= 15 is 0 Å². The molecule has 1 N–H and O–H groups in total. The predicted molar refractivity (Wildman–Crippen MR) is 129 cm³/mol. The van der Waals surface area contributed by atoms with Gasteiger partial charge in [-0.15, -0.1) is 10.2 Å². The number of aryl methyl sites for hydroxylation is 1. The van der Waals surface area contributed by atoms with Crippen LogP contribution in [0.25, 0.3) is 17.1 Å². The van der Waals surface area contributed by atoms with E-state index in [1.54, 1.807) is 19.5 Å². The van der Waals surface area contributed by atoms with Gasteiger partial charge in [0.25, 0.3) is 0 Å². The van der Waals surface area contributed by atoms with Gasteiger partial charge in [0.05, 0.1) is 18.0 Å². The van der Waals surface area contributed by atoms with Gasteiger partial charge in [-0.1, -0.05) is 48.2 Å². The van der Waals surface area contributed by atoms with Gasteiger partial charge >= 0.3 is 0 Å². The third-order valence-electron chi connectivity index (χ3n) is 5.21. The lowest BCUT2D eigenvalue weighted by Gasteiger charge is -2.16. The summed E-state index contributed by atoms with van der Waals surface area (Å²) in [6.45, 7) is 4.29. The fourth-order valence-corrected chi connectivity index (χ4v) is 4.33. The summed E-state index contributed by atoms with van der Waals surface area (Å²) in [4.78, 5) is 17.1. The summed E-state index contributed by atoms with van der Waals surface area (Å²) < 4.78 is 7.36. The van der Waals surface area contributed by atoms with Gasteiger partial charge in [0.2, 0.25) is 5.91 Å². The van der Waals surface area contributed by atoms with E-state index in [-0.39, 0.29) is 11.2 Å². The normalized spacial score (nSPS) is 11.7. The minimum atomic E-state index is -0.381. The first-order chi connectivity index (χ1) is 16.1. The van der Waals surface area contributed by atoms with Crippen LogP contribution in [0, 0.1) is 6.92 Å². The fourth-order valence-electron chi connectivity index (χ4n) is 3.45. The Morgan fingerprint density at radius 3 is 2.64 bits per heavy atom. The second kappa shape index (κ2) is 10.3. The molecule has 168 valence electrons. The van der Waals surface area contributed by atoms with E-state index in [2.05, 4.69) is 20.5 Å². The molecule has 1 amide bonds. The van der Waals surface area contributed by atoms with Gasteiger partial charge in [0.15, 0.2) is 11.0 Å². The second-order valence-corrected chi connectivity index (χ2v) is 8.77. The van der Waals surface area contributed by atoms with Crippen LogP contribution >= 0.6 is 11.8 Å². The van der Waals surface area contributed by atoms with Crippen LogP contribution in [0.4, 0.5) is 0 Å². The Morgan fingerprint density at radius 2 is 1.88 bits per heavy atom. The van der Waals surface area contributed by atoms with Gasteiger partial charge in [-0.05, 0) is 43.7 Å². The molecule has 4 rings (SSSR count). The third kappa shape index (κ3) is 5.06. The molecule has 0 fully saturated rings. The molecule has 0 saturated carbocycles. The molecular formula is C25H25N5O2S. The zero-order chi connectivity index (χ0) is 23.2. The fraction of sp³-hybridized carbons (Fsp3) is 0.200. The van der Waals surface area contributed by atoms with Crippen LogP contribution in [0.1, 0.15) is 18.1 Å². The van der Waals surface area contributed by atoms with E-state index in [0.29, 0.717) is 17.5 Å². The number of thioether (sulfide) groups is 1. The van der Waals surface area contributed by atoms with Gasteiger partial charge in [-0.3, -0.25) is 14.3 Å². The number of hydrogen-bond acceptors (Lipinski definition) is 6. The molecule has 1 atom stereocenters. The average Bonchev–Trinajstić information content (AvgIpc) is 3.26. The Hall–Kier alpha value is -3.65. The lowest BCUT2D eigenvalue weighted by atomic mass is 10.2. The van der Waals surface area contributed by atoms with Crippen molar-refractivity contribution in [1.82, 2.24) is 25.1 Å². The van der Waals surface area contributed by atoms with Gasteiger partial charge in [0.1, 0.15) is 5.75 Å². The number of carbonyl (C=O) groups excluding carboxylic acids is 1. The smallest absolute Gasteiger partial charge is 0.233 e. The summed E-state index contributed by atoms with van der Waals surface area (Å²) in [5.74, 6) is 1.34. The first-order valence-corrected chi connectivity index (χ1v) is 11.4. The Kier molecular flexibility index (Phi) is 7.04. The zero-order valence-corrected chi connectivity index (χ0v) is 19.5. The quantitative estimate of drug-likeness (QED) is 0.392. The molecule has 0 aliphatic rings. The van der Waals surface area contributed by atoms with Crippen molar-refractivity contribution >= 4 is 17.7 Å². The van der Waals surface area contributed by atoms with E-state index in [9.17, 15) is 4.79 Å². The number of hydrogen-bond donors (Lipinski definition) is 1. The number of benzene rings is 2. The average molecular weight is 460 g/mol. The van der Waals surface area contributed by atoms with E-state index in [1.165, 1.54) is 11.8 Å². The third-order valence-corrected chi connectivity index (χ3v) is 6.25. The van der Waals surface area contributed by atoms with Crippen LogP contribution in [0.15, 0.2) is 78.2 Å². The van der Waals surface area contributed by atoms with E-state index < -0.39 is 0 Å². The highest BCUT2D eigenvalue weighted by molar-refractivity contribution is 8.00. The topological polar surface area (TPSA) is 81.9 Å². The Bertz CT molecular complexity index is 1240. The van der Waals surface area contributed by atoms with Crippen molar-refractivity contribution in [3.8, 4) is 22.8 Å². The highest BCUT2D eigenvalue weighted by Crippen LogP contribution is 2.31. The first-order valence-electron chi connectivity index (χ1n) is 10.6. The van der Waals surface area contributed by atoms with Crippen LogP contribution in [0.5, 0.6) is 5.75 Å². The summed E-state index contributed by atoms with van der Waals surface area (Å²) in [7, 11) is 1.62. The minimum Gasteiger partial charge on any atom is -0.496 e. The van der Waals surface area contributed by atoms with E-state index in [4.69, 9.17) is 4.74 Å². The highest BCUT2D eigenvalue weighted by atomic mass is 32.2. The number of amides is 1. The maximum absolute atomic E-state index is 12.9. The number of carbonyl (C=O) groups is 1. The van der Waals surface area contributed by atoms with Crippen LogP contribution < -0.4 is 10.1 Å². The molecule has 4 aromatic rings. The molecule has 2 heterocycles. The predicted octanol–water partition coefficient (Wildman–Crippen LogP) is 4.44.